The molecule has 1 aliphatic rings. The Labute approximate surface area is 133 Å². The minimum absolute atomic E-state index is 0.320. The van der Waals surface area contributed by atoms with Crippen molar-refractivity contribution in [3.8, 4) is 11.4 Å². The number of benzene rings is 1. The Morgan fingerprint density at radius 2 is 2.05 bits per heavy atom. The standard InChI is InChI=1S/C15H20BrN5/c1-10(11-5-3-2-4-6-11)21-15(18-19-20-21)12-7-8-13(16)14(17)9-12/h7-11H,2-6,17H2,1H3. The number of aromatic nitrogens is 4. The minimum Gasteiger partial charge on any atom is -0.398 e. The van der Waals surface area contributed by atoms with Gasteiger partial charge < -0.3 is 5.73 Å². The number of nitrogens with two attached hydrogens (primary N) is 1. The molecule has 1 atom stereocenters. The highest BCUT2D eigenvalue weighted by Crippen LogP contribution is 2.34. The van der Waals surface area contributed by atoms with E-state index >= 15 is 0 Å². The van der Waals surface area contributed by atoms with Gasteiger partial charge >= 0.3 is 0 Å². The van der Waals surface area contributed by atoms with E-state index < -0.39 is 0 Å². The Morgan fingerprint density at radius 1 is 1.29 bits per heavy atom. The smallest absolute Gasteiger partial charge is 0.182 e. The maximum Gasteiger partial charge on any atom is 0.182 e. The Morgan fingerprint density at radius 3 is 2.76 bits per heavy atom. The lowest BCUT2D eigenvalue weighted by Crippen LogP contribution is -2.21. The molecule has 2 N–H and O–H groups in total. The highest BCUT2D eigenvalue weighted by atomic mass is 79.9. The molecule has 1 saturated carbocycles. The molecule has 1 aliphatic carbocycles. The molecule has 3 rings (SSSR count). The highest BCUT2D eigenvalue weighted by molar-refractivity contribution is 9.10. The van der Waals surface area contributed by atoms with Crippen molar-refractivity contribution >= 4 is 21.6 Å². The summed E-state index contributed by atoms with van der Waals surface area (Å²) in [6.45, 7) is 2.22. The van der Waals surface area contributed by atoms with Gasteiger partial charge in [-0.1, -0.05) is 19.3 Å². The molecule has 0 radical (unpaired) electrons. The van der Waals surface area contributed by atoms with E-state index in [0.717, 1.165) is 15.9 Å². The SMILES string of the molecule is CC(C1CCCCC1)n1nnnc1-c1ccc(Br)c(N)c1. The van der Waals surface area contributed by atoms with Crippen molar-refractivity contribution < 1.29 is 0 Å². The Kier molecular flexibility index (Phi) is 4.24. The number of anilines is 1. The summed E-state index contributed by atoms with van der Waals surface area (Å²) in [5.74, 6) is 1.46. The predicted octanol–water partition coefficient (Wildman–Crippen LogP) is 3.83. The third kappa shape index (κ3) is 2.95. The maximum absolute atomic E-state index is 5.97. The van der Waals surface area contributed by atoms with E-state index in [0.29, 0.717) is 17.6 Å². The van der Waals surface area contributed by atoms with Crippen LogP contribution in [0.5, 0.6) is 0 Å². The normalized spacial score (nSPS) is 17.8. The lowest BCUT2D eigenvalue weighted by molar-refractivity contribution is 0.249. The van der Waals surface area contributed by atoms with Crippen molar-refractivity contribution in [2.45, 2.75) is 45.1 Å². The molecule has 6 heteroatoms. The van der Waals surface area contributed by atoms with Gasteiger partial charge in [-0.2, -0.15) is 0 Å². The third-order valence-corrected chi connectivity index (χ3v) is 5.19. The Hall–Kier alpha value is -1.43. The fourth-order valence-corrected chi connectivity index (χ4v) is 3.40. The molecule has 1 heterocycles. The average molecular weight is 350 g/mol. The molecule has 0 amide bonds. The van der Waals surface area contributed by atoms with Crippen molar-refractivity contribution in [1.29, 1.82) is 0 Å². The van der Waals surface area contributed by atoms with E-state index in [1.54, 1.807) is 0 Å². The number of hydrogen-bond acceptors (Lipinski definition) is 4. The van der Waals surface area contributed by atoms with Gasteiger partial charge in [-0.15, -0.1) is 5.10 Å². The van der Waals surface area contributed by atoms with Crippen molar-refractivity contribution in [3.63, 3.8) is 0 Å². The first-order valence-corrected chi connectivity index (χ1v) is 8.29. The summed E-state index contributed by atoms with van der Waals surface area (Å²) in [6.07, 6.45) is 6.52. The van der Waals surface area contributed by atoms with Crippen LogP contribution in [0.1, 0.15) is 45.1 Å². The molecule has 1 aromatic carbocycles. The van der Waals surface area contributed by atoms with Crippen LogP contribution in [0.25, 0.3) is 11.4 Å². The lowest BCUT2D eigenvalue weighted by Gasteiger charge is -2.27. The zero-order valence-corrected chi connectivity index (χ0v) is 13.8. The van der Waals surface area contributed by atoms with E-state index in [1.807, 2.05) is 22.9 Å². The summed E-state index contributed by atoms with van der Waals surface area (Å²) in [7, 11) is 0. The van der Waals surface area contributed by atoms with Crippen LogP contribution in [0.2, 0.25) is 0 Å². The maximum atomic E-state index is 5.97. The molecular weight excluding hydrogens is 330 g/mol. The van der Waals surface area contributed by atoms with E-state index in [4.69, 9.17) is 5.73 Å². The van der Waals surface area contributed by atoms with Gasteiger partial charge in [-0.05, 0) is 70.2 Å². The first-order valence-electron chi connectivity index (χ1n) is 7.50. The fourth-order valence-electron chi connectivity index (χ4n) is 3.16. The van der Waals surface area contributed by atoms with Gasteiger partial charge in [0.15, 0.2) is 5.82 Å². The fraction of sp³-hybridized carbons (Fsp3) is 0.533. The van der Waals surface area contributed by atoms with Crippen LogP contribution in [0.4, 0.5) is 5.69 Å². The molecule has 1 unspecified atom stereocenters. The quantitative estimate of drug-likeness (QED) is 0.855. The monoisotopic (exact) mass is 349 g/mol. The first kappa shape index (κ1) is 14.5. The Bertz CT molecular complexity index is 618. The summed E-state index contributed by atoms with van der Waals surface area (Å²) >= 11 is 3.42. The van der Waals surface area contributed by atoms with Crippen LogP contribution in [-0.4, -0.2) is 20.2 Å². The van der Waals surface area contributed by atoms with Crippen molar-refractivity contribution in [2.75, 3.05) is 5.73 Å². The number of tetrazole rings is 1. The van der Waals surface area contributed by atoms with Gasteiger partial charge in [0, 0.05) is 15.7 Å². The van der Waals surface area contributed by atoms with Gasteiger partial charge in [0.2, 0.25) is 0 Å². The van der Waals surface area contributed by atoms with Crippen LogP contribution >= 0.6 is 15.9 Å². The molecule has 2 aromatic rings. The number of hydrogen-bond donors (Lipinski definition) is 1. The number of halogens is 1. The van der Waals surface area contributed by atoms with Gasteiger partial charge in [0.25, 0.3) is 0 Å². The lowest BCUT2D eigenvalue weighted by atomic mass is 9.84. The zero-order valence-electron chi connectivity index (χ0n) is 12.2. The van der Waals surface area contributed by atoms with E-state index in [-0.39, 0.29) is 0 Å². The number of nitrogen functional groups attached to an aromatic ring is 1. The summed E-state index contributed by atoms with van der Waals surface area (Å²) in [4.78, 5) is 0. The molecule has 0 bridgehead atoms. The van der Waals surface area contributed by atoms with Crippen LogP contribution in [0, 0.1) is 5.92 Å². The predicted molar refractivity (Wildman–Crippen MR) is 86.7 cm³/mol. The van der Waals surface area contributed by atoms with Gasteiger partial charge in [0.1, 0.15) is 0 Å². The second kappa shape index (κ2) is 6.13. The van der Waals surface area contributed by atoms with Gasteiger partial charge in [0.05, 0.1) is 6.04 Å². The topological polar surface area (TPSA) is 69.6 Å². The molecule has 0 saturated heterocycles. The molecule has 1 fully saturated rings. The molecule has 112 valence electrons. The molecule has 0 spiro atoms. The summed E-state index contributed by atoms with van der Waals surface area (Å²) in [6, 6.07) is 6.17. The summed E-state index contributed by atoms with van der Waals surface area (Å²) in [5, 5.41) is 12.3. The second-order valence-electron chi connectivity index (χ2n) is 5.82. The van der Waals surface area contributed by atoms with Gasteiger partial charge in [-0.25, -0.2) is 4.68 Å². The molecular formula is C15H20BrN5. The van der Waals surface area contributed by atoms with Crippen molar-refractivity contribution in [3.05, 3.63) is 22.7 Å². The number of rotatable bonds is 3. The molecule has 5 nitrogen and oxygen atoms in total. The van der Waals surface area contributed by atoms with Gasteiger partial charge in [-0.3, -0.25) is 0 Å². The second-order valence-corrected chi connectivity index (χ2v) is 6.68. The highest BCUT2D eigenvalue weighted by Gasteiger charge is 2.25. The Balaban J connectivity index is 1.90. The summed E-state index contributed by atoms with van der Waals surface area (Å²) in [5.41, 5.74) is 7.63. The van der Waals surface area contributed by atoms with E-state index in [2.05, 4.69) is 38.4 Å². The molecule has 1 aromatic heterocycles. The summed E-state index contributed by atoms with van der Waals surface area (Å²) < 4.78 is 2.85. The third-order valence-electron chi connectivity index (χ3n) is 4.46. The van der Waals surface area contributed by atoms with Crippen LogP contribution in [-0.2, 0) is 0 Å². The van der Waals surface area contributed by atoms with Crippen LogP contribution in [0.3, 0.4) is 0 Å². The number of nitrogens with zero attached hydrogens (tertiary/aromatic N) is 4. The van der Waals surface area contributed by atoms with Crippen molar-refractivity contribution in [1.82, 2.24) is 20.2 Å². The minimum atomic E-state index is 0.320. The van der Waals surface area contributed by atoms with Crippen molar-refractivity contribution in [2.24, 2.45) is 5.92 Å². The largest absolute Gasteiger partial charge is 0.398 e. The van der Waals surface area contributed by atoms with E-state index in [1.165, 1.54) is 32.1 Å². The average Bonchev–Trinajstić information content (AvgIpc) is 2.99. The van der Waals surface area contributed by atoms with Crippen LogP contribution < -0.4 is 5.73 Å². The first-order chi connectivity index (χ1) is 10.2. The molecule has 21 heavy (non-hydrogen) atoms. The zero-order chi connectivity index (χ0) is 14.8. The molecule has 0 aliphatic heterocycles. The van der Waals surface area contributed by atoms with E-state index in [9.17, 15) is 0 Å². The van der Waals surface area contributed by atoms with Crippen LogP contribution in [0.15, 0.2) is 22.7 Å².